The lowest BCUT2D eigenvalue weighted by Gasteiger charge is -2.21. The fourth-order valence-corrected chi connectivity index (χ4v) is 2.62. The monoisotopic (exact) mass is 315 g/mol. The molecule has 1 aromatic carbocycles. The van der Waals surface area contributed by atoms with Crippen LogP contribution in [0.2, 0.25) is 0 Å². The zero-order valence-electron chi connectivity index (χ0n) is 11.5. The molecule has 1 rings (SSSR count). The van der Waals surface area contributed by atoms with Crippen molar-refractivity contribution in [1.29, 1.82) is 0 Å². The predicted octanol–water partition coefficient (Wildman–Crippen LogP) is 4.55. The van der Waals surface area contributed by atoms with Crippen LogP contribution in [0.3, 0.4) is 0 Å². The van der Waals surface area contributed by atoms with Gasteiger partial charge in [-0.3, -0.25) is 0 Å². The fraction of sp³-hybridized carbons (Fsp3) is 0.600. The number of hydrogen-bond donors (Lipinski definition) is 1. The first-order valence-electron chi connectivity index (χ1n) is 6.70. The number of halogens is 2. The molecule has 0 heterocycles. The SMILES string of the molecule is CCCNC(Cc1ccc(F)cc1Br)CC(C)C. The highest BCUT2D eigenvalue weighted by atomic mass is 79.9. The molecular formula is C15H23BrFN. The zero-order valence-corrected chi connectivity index (χ0v) is 13.1. The highest BCUT2D eigenvalue weighted by molar-refractivity contribution is 9.10. The van der Waals surface area contributed by atoms with Crippen molar-refractivity contribution in [3.05, 3.63) is 34.1 Å². The van der Waals surface area contributed by atoms with Gasteiger partial charge in [-0.15, -0.1) is 0 Å². The average molecular weight is 316 g/mol. The van der Waals surface area contributed by atoms with Crippen molar-refractivity contribution in [2.45, 2.75) is 46.1 Å². The minimum atomic E-state index is -0.187. The van der Waals surface area contributed by atoms with Crippen molar-refractivity contribution in [3.8, 4) is 0 Å². The van der Waals surface area contributed by atoms with Gasteiger partial charge in [0.1, 0.15) is 5.82 Å². The van der Waals surface area contributed by atoms with E-state index in [4.69, 9.17) is 0 Å². The second-order valence-corrected chi connectivity index (χ2v) is 6.07. The first kappa shape index (κ1) is 15.6. The van der Waals surface area contributed by atoms with Crippen LogP contribution >= 0.6 is 15.9 Å². The Balaban J connectivity index is 2.68. The Bertz CT molecular complexity index is 366. The van der Waals surface area contributed by atoms with Gasteiger partial charge in [-0.2, -0.15) is 0 Å². The Labute approximate surface area is 118 Å². The first-order chi connectivity index (χ1) is 8.52. The molecule has 1 nitrogen and oxygen atoms in total. The smallest absolute Gasteiger partial charge is 0.124 e. The molecule has 0 aliphatic rings. The maximum absolute atomic E-state index is 13.1. The standard InChI is InChI=1S/C15H23BrFN/c1-4-7-18-14(8-11(2)3)9-12-5-6-13(17)10-15(12)16/h5-6,10-11,14,18H,4,7-9H2,1-3H3. The van der Waals surface area contributed by atoms with Gasteiger partial charge in [-0.1, -0.05) is 42.8 Å². The van der Waals surface area contributed by atoms with Crippen molar-refractivity contribution in [2.24, 2.45) is 5.92 Å². The van der Waals surface area contributed by atoms with Crippen LogP contribution in [0.5, 0.6) is 0 Å². The molecule has 0 amide bonds. The largest absolute Gasteiger partial charge is 0.314 e. The van der Waals surface area contributed by atoms with E-state index in [0.717, 1.165) is 30.3 Å². The summed E-state index contributed by atoms with van der Waals surface area (Å²) in [7, 11) is 0. The van der Waals surface area contributed by atoms with E-state index in [1.54, 1.807) is 6.07 Å². The fourth-order valence-electron chi connectivity index (χ4n) is 2.11. The molecule has 0 aliphatic heterocycles. The molecule has 1 N–H and O–H groups in total. The third kappa shape index (κ3) is 5.49. The molecule has 3 heteroatoms. The number of benzene rings is 1. The van der Waals surface area contributed by atoms with E-state index in [1.165, 1.54) is 11.6 Å². The lowest BCUT2D eigenvalue weighted by molar-refractivity contribution is 0.415. The third-order valence-corrected chi connectivity index (χ3v) is 3.66. The Morgan fingerprint density at radius 3 is 2.61 bits per heavy atom. The summed E-state index contributed by atoms with van der Waals surface area (Å²) in [6, 6.07) is 5.42. The van der Waals surface area contributed by atoms with Gasteiger partial charge in [0.2, 0.25) is 0 Å². The van der Waals surface area contributed by atoms with Gasteiger partial charge in [-0.05, 0) is 49.4 Å². The van der Waals surface area contributed by atoms with Crippen molar-refractivity contribution < 1.29 is 4.39 Å². The Kier molecular flexibility index (Phi) is 6.87. The summed E-state index contributed by atoms with van der Waals surface area (Å²) < 4.78 is 13.9. The molecule has 0 aliphatic carbocycles. The van der Waals surface area contributed by atoms with Crippen LogP contribution in [0.4, 0.5) is 4.39 Å². The summed E-state index contributed by atoms with van der Waals surface area (Å²) in [5, 5.41) is 3.58. The van der Waals surface area contributed by atoms with E-state index >= 15 is 0 Å². The van der Waals surface area contributed by atoms with Crippen LogP contribution in [0.1, 0.15) is 39.2 Å². The molecule has 102 valence electrons. The van der Waals surface area contributed by atoms with Gasteiger partial charge in [0.25, 0.3) is 0 Å². The molecule has 1 aromatic rings. The van der Waals surface area contributed by atoms with E-state index in [2.05, 4.69) is 42.0 Å². The quantitative estimate of drug-likeness (QED) is 0.778. The molecule has 0 saturated carbocycles. The van der Waals surface area contributed by atoms with Gasteiger partial charge in [0, 0.05) is 10.5 Å². The van der Waals surface area contributed by atoms with Gasteiger partial charge in [0.05, 0.1) is 0 Å². The van der Waals surface area contributed by atoms with Crippen LogP contribution in [0.25, 0.3) is 0 Å². The molecule has 1 atom stereocenters. The molecule has 0 aromatic heterocycles. The average Bonchev–Trinajstić information content (AvgIpc) is 2.29. The Morgan fingerprint density at radius 1 is 1.33 bits per heavy atom. The van der Waals surface area contributed by atoms with Crippen LogP contribution in [0.15, 0.2) is 22.7 Å². The van der Waals surface area contributed by atoms with Crippen LogP contribution in [0, 0.1) is 11.7 Å². The molecular weight excluding hydrogens is 293 g/mol. The van der Waals surface area contributed by atoms with Gasteiger partial charge < -0.3 is 5.32 Å². The van der Waals surface area contributed by atoms with E-state index in [9.17, 15) is 4.39 Å². The second kappa shape index (κ2) is 7.90. The van der Waals surface area contributed by atoms with Crippen molar-refractivity contribution in [2.75, 3.05) is 6.54 Å². The minimum Gasteiger partial charge on any atom is -0.314 e. The summed E-state index contributed by atoms with van der Waals surface area (Å²) in [5.74, 6) is 0.478. The summed E-state index contributed by atoms with van der Waals surface area (Å²) in [6.45, 7) is 7.68. The maximum Gasteiger partial charge on any atom is 0.124 e. The van der Waals surface area contributed by atoms with Gasteiger partial charge in [-0.25, -0.2) is 4.39 Å². The maximum atomic E-state index is 13.1. The van der Waals surface area contributed by atoms with Crippen molar-refractivity contribution in [1.82, 2.24) is 5.32 Å². The summed E-state index contributed by atoms with van der Waals surface area (Å²) in [5.41, 5.74) is 1.17. The molecule has 0 fully saturated rings. The van der Waals surface area contributed by atoms with Crippen LogP contribution in [-0.4, -0.2) is 12.6 Å². The molecule has 0 bridgehead atoms. The lowest BCUT2D eigenvalue weighted by Crippen LogP contribution is -2.33. The van der Waals surface area contributed by atoms with Crippen molar-refractivity contribution >= 4 is 15.9 Å². The van der Waals surface area contributed by atoms with Gasteiger partial charge >= 0.3 is 0 Å². The van der Waals surface area contributed by atoms with Crippen LogP contribution in [-0.2, 0) is 6.42 Å². The lowest BCUT2D eigenvalue weighted by atomic mass is 9.97. The summed E-state index contributed by atoms with van der Waals surface area (Å²) >= 11 is 3.44. The molecule has 0 spiro atoms. The molecule has 18 heavy (non-hydrogen) atoms. The first-order valence-corrected chi connectivity index (χ1v) is 7.49. The Hall–Kier alpha value is -0.410. The topological polar surface area (TPSA) is 12.0 Å². The summed E-state index contributed by atoms with van der Waals surface area (Å²) in [4.78, 5) is 0. The van der Waals surface area contributed by atoms with Crippen molar-refractivity contribution in [3.63, 3.8) is 0 Å². The number of hydrogen-bond acceptors (Lipinski definition) is 1. The third-order valence-electron chi connectivity index (χ3n) is 2.92. The Morgan fingerprint density at radius 2 is 2.06 bits per heavy atom. The number of rotatable bonds is 7. The molecule has 0 saturated heterocycles. The molecule has 1 unspecified atom stereocenters. The van der Waals surface area contributed by atoms with E-state index in [0.29, 0.717) is 12.0 Å². The normalized spacial score (nSPS) is 13.0. The van der Waals surface area contributed by atoms with Gasteiger partial charge in [0.15, 0.2) is 0 Å². The molecule has 0 radical (unpaired) electrons. The predicted molar refractivity (Wildman–Crippen MR) is 79.3 cm³/mol. The number of nitrogens with one attached hydrogen (secondary N) is 1. The highest BCUT2D eigenvalue weighted by Crippen LogP contribution is 2.21. The van der Waals surface area contributed by atoms with E-state index in [1.807, 2.05) is 6.07 Å². The van der Waals surface area contributed by atoms with E-state index < -0.39 is 0 Å². The van der Waals surface area contributed by atoms with E-state index in [-0.39, 0.29) is 5.82 Å². The second-order valence-electron chi connectivity index (χ2n) is 5.22. The minimum absolute atomic E-state index is 0.187. The summed E-state index contributed by atoms with van der Waals surface area (Å²) in [6.07, 6.45) is 3.22. The van der Waals surface area contributed by atoms with Crippen LogP contribution < -0.4 is 5.32 Å². The highest BCUT2D eigenvalue weighted by Gasteiger charge is 2.13. The zero-order chi connectivity index (χ0) is 13.5.